The summed E-state index contributed by atoms with van der Waals surface area (Å²) in [6.07, 6.45) is 3.95. The Morgan fingerprint density at radius 1 is 1.37 bits per heavy atom. The van der Waals surface area contributed by atoms with Crippen LogP contribution < -0.4 is 10.6 Å². The van der Waals surface area contributed by atoms with Crippen LogP contribution in [0.25, 0.3) is 0 Å². The molecule has 0 bridgehead atoms. The molecule has 0 aromatic carbocycles. The van der Waals surface area contributed by atoms with Gasteiger partial charge in [-0.05, 0) is 25.2 Å². The van der Waals surface area contributed by atoms with Crippen molar-refractivity contribution in [1.82, 2.24) is 15.5 Å². The number of hydrogen-bond donors (Lipinski definition) is 2. The van der Waals surface area contributed by atoms with E-state index in [0.29, 0.717) is 6.04 Å². The van der Waals surface area contributed by atoms with Gasteiger partial charge in [0.1, 0.15) is 0 Å². The van der Waals surface area contributed by atoms with Crippen LogP contribution in [0.3, 0.4) is 0 Å². The van der Waals surface area contributed by atoms with Crippen molar-refractivity contribution in [2.75, 3.05) is 40.4 Å². The lowest BCUT2D eigenvalue weighted by Gasteiger charge is -2.22. The highest BCUT2D eigenvalue weighted by Gasteiger charge is 2.33. The molecule has 0 aromatic heterocycles. The van der Waals surface area contributed by atoms with Crippen LogP contribution in [0, 0.1) is 5.92 Å². The number of methoxy groups -OCH3 is 1. The van der Waals surface area contributed by atoms with Crippen LogP contribution in [0.4, 0.5) is 0 Å². The second-order valence-corrected chi connectivity index (χ2v) is 5.72. The van der Waals surface area contributed by atoms with Crippen LogP contribution in [0.15, 0.2) is 4.99 Å². The summed E-state index contributed by atoms with van der Waals surface area (Å²) in [5.74, 6) is 1.74. The Hall–Kier alpha value is -0.810. The van der Waals surface area contributed by atoms with Gasteiger partial charge >= 0.3 is 0 Å². The van der Waals surface area contributed by atoms with E-state index in [1.807, 2.05) is 7.05 Å². The zero-order valence-corrected chi connectivity index (χ0v) is 12.5. The first-order valence-corrected chi connectivity index (χ1v) is 7.44. The molecule has 0 heterocycles. The normalized spacial score (nSPS) is 26.6. The maximum Gasteiger partial charge on any atom is 0.191 e. The smallest absolute Gasteiger partial charge is 0.191 e. The van der Waals surface area contributed by atoms with E-state index in [9.17, 15) is 0 Å². The van der Waals surface area contributed by atoms with Crippen LogP contribution >= 0.6 is 0 Å². The predicted molar refractivity (Wildman–Crippen MR) is 78.5 cm³/mol. The molecule has 2 aliphatic rings. The van der Waals surface area contributed by atoms with Crippen molar-refractivity contribution >= 4 is 5.96 Å². The van der Waals surface area contributed by atoms with Gasteiger partial charge in [0.05, 0.1) is 6.61 Å². The summed E-state index contributed by atoms with van der Waals surface area (Å²) in [5.41, 5.74) is 0. The molecule has 0 spiro atoms. The molecule has 0 aromatic rings. The Labute approximate surface area is 116 Å². The van der Waals surface area contributed by atoms with Gasteiger partial charge in [-0.3, -0.25) is 9.89 Å². The Balaban J connectivity index is 1.62. The van der Waals surface area contributed by atoms with Gasteiger partial charge in [0, 0.05) is 45.9 Å². The zero-order chi connectivity index (χ0) is 13.7. The lowest BCUT2D eigenvalue weighted by atomic mass is 10.4. The molecule has 5 nitrogen and oxygen atoms in total. The molecular weight excluding hydrogens is 240 g/mol. The van der Waals surface area contributed by atoms with Crippen molar-refractivity contribution in [3.05, 3.63) is 0 Å². The monoisotopic (exact) mass is 268 g/mol. The highest BCUT2D eigenvalue weighted by Crippen LogP contribution is 2.28. The van der Waals surface area contributed by atoms with Crippen LogP contribution in [0.2, 0.25) is 0 Å². The number of guanidine groups is 1. The van der Waals surface area contributed by atoms with Crippen LogP contribution in [0.5, 0.6) is 0 Å². The Morgan fingerprint density at radius 2 is 2.11 bits per heavy atom. The minimum atomic E-state index is 0.624. The molecule has 0 amide bonds. The van der Waals surface area contributed by atoms with Crippen molar-refractivity contribution < 1.29 is 4.74 Å². The molecule has 19 heavy (non-hydrogen) atoms. The second kappa shape index (κ2) is 7.10. The van der Waals surface area contributed by atoms with Crippen molar-refractivity contribution in [1.29, 1.82) is 0 Å². The molecule has 5 heteroatoms. The highest BCUT2D eigenvalue weighted by atomic mass is 16.5. The molecule has 2 fully saturated rings. The standard InChI is InChI=1S/C14H28N4O/c1-11-10-13(11)17-14(15-2)16-6-7-18(8-9-19-3)12-4-5-12/h11-13H,4-10H2,1-3H3,(H2,15,16,17). The van der Waals surface area contributed by atoms with E-state index in [1.54, 1.807) is 7.11 Å². The number of aliphatic imine (C=N–C) groups is 1. The molecule has 110 valence electrons. The maximum atomic E-state index is 5.17. The average Bonchev–Trinajstić information content (AvgIpc) is 3.30. The maximum absolute atomic E-state index is 5.17. The molecule has 2 unspecified atom stereocenters. The van der Waals surface area contributed by atoms with Gasteiger partial charge in [0.15, 0.2) is 5.96 Å². The molecule has 0 aliphatic heterocycles. The van der Waals surface area contributed by atoms with Gasteiger partial charge in [-0.25, -0.2) is 0 Å². The molecule has 0 saturated heterocycles. The fourth-order valence-corrected chi connectivity index (χ4v) is 2.34. The van der Waals surface area contributed by atoms with Crippen LogP contribution in [-0.2, 0) is 4.74 Å². The number of nitrogens with zero attached hydrogens (tertiary/aromatic N) is 2. The number of rotatable bonds is 8. The van der Waals surface area contributed by atoms with Crippen molar-refractivity contribution in [3.63, 3.8) is 0 Å². The molecule has 2 atom stereocenters. The first-order valence-electron chi connectivity index (χ1n) is 7.44. The number of nitrogens with one attached hydrogen (secondary N) is 2. The summed E-state index contributed by atoms with van der Waals surface area (Å²) >= 11 is 0. The summed E-state index contributed by atoms with van der Waals surface area (Å²) < 4.78 is 5.17. The number of hydrogen-bond acceptors (Lipinski definition) is 3. The first-order chi connectivity index (χ1) is 9.24. The van der Waals surface area contributed by atoms with E-state index in [0.717, 1.165) is 44.2 Å². The van der Waals surface area contributed by atoms with E-state index in [-0.39, 0.29) is 0 Å². The van der Waals surface area contributed by atoms with Gasteiger partial charge in [0.2, 0.25) is 0 Å². The summed E-state index contributed by atoms with van der Waals surface area (Å²) in [5, 5.41) is 6.86. The van der Waals surface area contributed by atoms with E-state index in [1.165, 1.54) is 19.3 Å². The SMILES string of the molecule is CN=C(NCCN(CCOC)C1CC1)NC1CC1C. The van der Waals surface area contributed by atoms with E-state index in [4.69, 9.17) is 4.74 Å². The van der Waals surface area contributed by atoms with Gasteiger partial charge in [-0.1, -0.05) is 6.92 Å². The van der Waals surface area contributed by atoms with Gasteiger partial charge in [-0.15, -0.1) is 0 Å². The highest BCUT2D eigenvalue weighted by molar-refractivity contribution is 5.80. The Kier molecular flexibility index (Phi) is 5.45. The number of ether oxygens (including phenoxy) is 1. The van der Waals surface area contributed by atoms with Crippen LogP contribution in [0.1, 0.15) is 26.2 Å². The molecule has 2 aliphatic carbocycles. The lowest BCUT2D eigenvalue weighted by molar-refractivity contribution is 0.144. The molecule has 0 radical (unpaired) electrons. The van der Waals surface area contributed by atoms with Crippen LogP contribution in [-0.4, -0.2) is 63.3 Å². The van der Waals surface area contributed by atoms with Crippen molar-refractivity contribution in [3.8, 4) is 0 Å². The molecule has 2 rings (SSSR count). The van der Waals surface area contributed by atoms with E-state index < -0.39 is 0 Å². The third-order valence-corrected chi connectivity index (χ3v) is 3.99. The summed E-state index contributed by atoms with van der Waals surface area (Å²) in [6.45, 7) is 6.14. The Bertz CT molecular complexity index is 304. The first kappa shape index (κ1) is 14.6. The Morgan fingerprint density at radius 3 is 2.63 bits per heavy atom. The van der Waals surface area contributed by atoms with E-state index >= 15 is 0 Å². The molecular formula is C14H28N4O. The topological polar surface area (TPSA) is 48.9 Å². The predicted octanol–water partition coefficient (Wildman–Crippen LogP) is 0.671. The third-order valence-electron chi connectivity index (χ3n) is 3.99. The van der Waals surface area contributed by atoms with Crippen molar-refractivity contribution in [2.45, 2.75) is 38.3 Å². The van der Waals surface area contributed by atoms with Gasteiger partial charge in [0.25, 0.3) is 0 Å². The fourth-order valence-electron chi connectivity index (χ4n) is 2.34. The quantitative estimate of drug-likeness (QED) is 0.502. The second-order valence-electron chi connectivity index (χ2n) is 5.72. The zero-order valence-electron chi connectivity index (χ0n) is 12.5. The van der Waals surface area contributed by atoms with Crippen molar-refractivity contribution in [2.24, 2.45) is 10.9 Å². The molecule has 2 N–H and O–H groups in total. The minimum Gasteiger partial charge on any atom is -0.383 e. The largest absolute Gasteiger partial charge is 0.383 e. The summed E-state index contributed by atoms with van der Waals surface area (Å²) in [7, 11) is 3.61. The average molecular weight is 268 g/mol. The molecule has 2 saturated carbocycles. The third kappa shape index (κ3) is 4.99. The van der Waals surface area contributed by atoms with Gasteiger partial charge in [-0.2, -0.15) is 0 Å². The van der Waals surface area contributed by atoms with Gasteiger partial charge < -0.3 is 15.4 Å². The summed E-state index contributed by atoms with van der Waals surface area (Å²) in [4.78, 5) is 6.79. The summed E-state index contributed by atoms with van der Waals surface area (Å²) in [6, 6.07) is 1.41. The lowest BCUT2D eigenvalue weighted by Crippen LogP contribution is -2.43. The van der Waals surface area contributed by atoms with E-state index in [2.05, 4.69) is 27.4 Å². The minimum absolute atomic E-state index is 0.624. The fraction of sp³-hybridized carbons (Fsp3) is 0.929.